The Kier molecular flexibility index (Phi) is 5.54. The van der Waals surface area contributed by atoms with Crippen molar-refractivity contribution in [3.63, 3.8) is 0 Å². The molecule has 0 saturated heterocycles. The van der Waals surface area contributed by atoms with Crippen LogP contribution >= 0.6 is 0 Å². The normalized spacial score (nSPS) is 11.8. The first-order valence-electron chi connectivity index (χ1n) is 15.8. The van der Waals surface area contributed by atoms with Gasteiger partial charge in [0.25, 0.3) is 0 Å². The second-order valence-electron chi connectivity index (χ2n) is 12.0. The Morgan fingerprint density at radius 2 is 1.21 bits per heavy atom. The highest BCUT2D eigenvalue weighted by molar-refractivity contribution is 6.13. The van der Waals surface area contributed by atoms with Gasteiger partial charge in [0.2, 0.25) is 5.89 Å². The number of oxazole rings is 1. The Balaban J connectivity index is 1.11. The third kappa shape index (κ3) is 3.98. The van der Waals surface area contributed by atoms with E-state index < -0.39 is 0 Å². The summed E-state index contributed by atoms with van der Waals surface area (Å²) in [4.78, 5) is 7.28. The predicted molar refractivity (Wildman–Crippen MR) is 191 cm³/mol. The summed E-state index contributed by atoms with van der Waals surface area (Å²) in [6.07, 6.45) is 0. The Labute approximate surface area is 270 Å². The Morgan fingerprint density at radius 1 is 0.489 bits per heavy atom. The number of anilines is 3. The maximum atomic E-state index is 6.54. The van der Waals surface area contributed by atoms with Crippen LogP contribution in [0.2, 0.25) is 0 Å². The highest BCUT2D eigenvalue weighted by Gasteiger charge is 2.28. The smallest absolute Gasteiger partial charge is 0.227 e. The van der Waals surface area contributed by atoms with Crippen molar-refractivity contribution >= 4 is 49.8 Å². The molecule has 7 aromatic carbocycles. The van der Waals surface area contributed by atoms with Gasteiger partial charge in [-0.2, -0.15) is 0 Å². The number of para-hydroxylation sites is 2. The van der Waals surface area contributed by atoms with Crippen LogP contribution in [0.3, 0.4) is 0 Å². The summed E-state index contributed by atoms with van der Waals surface area (Å²) in [5, 5.41) is 4.61. The van der Waals surface area contributed by atoms with Gasteiger partial charge in [0.1, 0.15) is 11.3 Å². The van der Waals surface area contributed by atoms with Crippen LogP contribution in [0.1, 0.15) is 0 Å². The van der Waals surface area contributed by atoms with E-state index in [-0.39, 0.29) is 0 Å². The molecule has 47 heavy (non-hydrogen) atoms. The van der Waals surface area contributed by atoms with Crippen molar-refractivity contribution in [3.8, 4) is 45.2 Å². The molecule has 0 atom stereocenters. The first-order chi connectivity index (χ1) is 23.3. The first-order valence-corrected chi connectivity index (χ1v) is 15.8. The lowest BCUT2D eigenvalue weighted by Gasteiger charge is -2.26. The molecule has 2 aromatic heterocycles. The van der Waals surface area contributed by atoms with Gasteiger partial charge in [-0.05, 0) is 65.0 Å². The van der Waals surface area contributed by atoms with Crippen LogP contribution in [-0.4, -0.2) is 4.98 Å². The third-order valence-corrected chi connectivity index (χ3v) is 9.24. The molecule has 2 heterocycles. The van der Waals surface area contributed by atoms with E-state index in [2.05, 4.69) is 144 Å². The number of benzene rings is 7. The van der Waals surface area contributed by atoms with E-state index in [1.165, 1.54) is 16.3 Å². The first kappa shape index (κ1) is 25.9. The Bertz CT molecular complexity index is 2570. The van der Waals surface area contributed by atoms with Crippen molar-refractivity contribution in [1.82, 2.24) is 4.98 Å². The van der Waals surface area contributed by atoms with Gasteiger partial charge in [-0.15, -0.1) is 0 Å². The number of furan rings is 1. The summed E-state index contributed by atoms with van der Waals surface area (Å²) in [6.45, 7) is 0. The minimum Gasteiger partial charge on any atom is -0.454 e. The van der Waals surface area contributed by atoms with Gasteiger partial charge < -0.3 is 13.7 Å². The van der Waals surface area contributed by atoms with E-state index in [1.807, 2.05) is 18.2 Å². The zero-order chi connectivity index (χ0) is 30.9. The van der Waals surface area contributed by atoms with Crippen LogP contribution in [0.15, 0.2) is 167 Å². The number of aromatic nitrogens is 1. The molecule has 0 saturated carbocycles. The molecule has 0 aliphatic heterocycles. The van der Waals surface area contributed by atoms with Gasteiger partial charge in [-0.1, -0.05) is 109 Å². The molecule has 1 aliphatic carbocycles. The second kappa shape index (κ2) is 10.1. The van der Waals surface area contributed by atoms with Crippen molar-refractivity contribution in [2.75, 3.05) is 4.90 Å². The molecular weight excluding hydrogens is 576 g/mol. The fourth-order valence-corrected chi connectivity index (χ4v) is 7.08. The monoisotopic (exact) mass is 602 g/mol. The Hall–Kier alpha value is -6.39. The predicted octanol–water partition coefficient (Wildman–Crippen LogP) is 12.2. The second-order valence-corrected chi connectivity index (χ2v) is 12.0. The van der Waals surface area contributed by atoms with Gasteiger partial charge >= 0.3 is 0 Å². The van der Waals surface area contributed by atoms with Crippen LogP contribution in [0.5, 0.6) is 0 Å². The maximum Gasteiger partial charge on any atom is 0.227 e. The molecule has 0 bridgehead atoms. The molecular formula is C43H26N2O2. The van der Waals surface area contributed by atoms with Gasteiger partial charge in [0.15, 0.2) is 11.3 Å². The van der Waals surface area contributed by atoms with Crippen LogP contribution in [0.25, 0.3) is 77.9 Å². The average molecular weight is 603 g/mol. The third-order valence-electron chi connectivity index (χ3n) is 9.24. The summed E-state index contributed by atoms with van der Waals surface area (Å²) in [5.41, 5.74) is 11.1. The number of rotatable bonds is 5. The molecule has 10 rings (SSSR count). The van der Waals surface area contributed by atoms with Crippen molar-refractivity contribution in [2.24, 2.45) is 0 Å². The molecule has 0 amide bonds. The highest BCUT2D eigenvalue weighted by Crippen LogP contribution is 2.49. The minimum atomic E-state index is 0.616. The molecule has 0 radical (unpaired) electrons. The largest absolute Gasteiger partial charge is 0.454 e. The molecule has 4 nitrogen and oxygen atoms in total. The van der Waals surface area contributed by atoms with Crippen LogP contribution in [-0.2, 0) is 0 Å². The Morgan fingerprint density at radius 3 is 2.09 bits per heavy atom. The number of fused-ring (bicyclic) bond motifs is 6. The van der Waals surface area contributed by atoms with Crippen LogP contribution in [0.4, 0.5) is 17.1 Å². The molecule has 0 unspecified atom stereocenters. The molecule has 9 aromatic rings. The van der Waals surface area contributed by atoms with Crippen molar-refractivity contribution < 1.29 is 8.83 Å². The van der Waals surface area contributed by atoms with Gasteiger partial charge in [-0.25, -0.2) is 4.98 Å². The summed E-state index contributed by atoms with van der Waals surface area (Å²) in [7, 11) is 0. The molecule has 1 aliphatic rings. The average Bonchev–Trinajstić information content (AvgIpc) is 3.83. The van der Waals surface area contributed by atoms with Crippen molar-refractivity contribution in [2.45, 2.75) is 0 Å². The summed E-state index contributed by atoms with van der Waals surface area (Å²) in [6, 6.07) is 54.9. The van der Waals surface area contributed by atoms with E-state index in [4.69, 9.17) is 13.8 Å². The van der Waals surface area contributed by atoms with E-state index in [1.54, 1.807) is 0 Å². The fourth-order valence-electron chi connectivity index (χ4n) is 7.08. The number of hydrogen-bond acceptors (Lipinski definition) is 4. The SMILES string of the molecule is c1ccc(-c2cccc(N(c3ccc(-c4nc5c(o4)-c4cccc6cccc-5c46)cc3)c3cccc4c3oc3ccccc34)c2)cc1. The van der Waals surface area contributed by atoms with Gasteiger partial charge in [0.05, 0.1) is 5.69 Å². The van der Waals surface area contributed by atoms with Crippen molar-refractivity contribution in [1.29, 1.82) is 0 Å². The quantitative estimate of drug-likeness (QED) is 0.197. The van der Waals surface area contributed by atoms with Crippen LogP contribution < -0.4 is 4.90 Å². The lowest BCUT2D eigenvalue weighted by molar-refractivity contribution is 0.590. The lowest BCUT2D eigenvalue weighted by atomic mass is 10.0. The standard InChI is InChI=1S/C43H26N2O2/c1-2-10-27(11-3-1)30-14-6-15-32(26-30)45(37-20-9-17-34-33-16-4-5-21-38(33)46-41(34)37)31-24-22-29(23-25-31)43-44-40-35-18-7-12-28-13-8-19-36(39(28)35)42(40)47-43/h1-26H. The number of hydrogen-bond donors (Lipinski definition) is 0. The molecule has 0 N–H and O–H groups in total. The van der Waals surface area contributed by atoms with E-state index >= 15 is 0 Å². The summed E-state index contributed by atoms with van der Waals surface area (Å²) in [5.74, 6) is 1.46. The van der Waals surface area contributed by atoms with E-state index in [0.29, 0.717) is 5.89 Å². The van der Waals surface area contributed by atoms with Crippen molar-refractivity contribution in [3.05, 3.63) is 158 Å². The lowest BCUT2D eigenvalue weighted by Crippen LogP contribution is -2.10. The van der Waals surface area contributed by atoms with E-state index in [0.717, 1.165) is 72.7 Å². The molecule has 4 heteroatoms. The highest BCUT2D eigenvalue weighted by atomic mass is 16.4. The topological polar surface area (TPSA) is 42.4 Å². The van der Waals surface area contributed by atoms with Gasteiger partial charge in [0, 0.05) is 44.2 Å². The fraction of sp³-hybridized carbons (Fsp3) is 0. The zero-order valence-electron chi connectivity index (χ0n) is 25.2. The number of nitrogens with zero attached hydrogens (tertiary/aromatic N) is 2. The maximum absolute atomic E-state index is 6.54. The molecule has 0 fully saturated rings. The van der Waals surface area contributed by atoms with Crippen LogP contribution in [0, 0.1) is 0 Å². The summed E-state index contributed by atoms with van der Waals surface area (Å²) < 4.78 is 13.0. The molecule has 0 spiro atoms. The molecule has 220 valence electrons. The van der Waals surface area contributed by atoms with Gasteiger partial charge in [-0.3, -0.25) is 0 Å². The zero-order valence-corrected chi connectivity index (χ0v) is 25.2. The summed E-state index contributed by atoms with van der Waals surface area (Å²) >= 11 is 0. The van der Waals surface area contributed by atoms with E-state index in [9.17, 15) is 0 Å². The minimum absolute atomic E-state index is 0.616.